The zero-order valence-corrected chi connectivity index (χ0v) is 13.9. The van der Waals surface area contributed by atoms with Gasteiger partial charge in [-0.2, -0.15) is 0 Å². The van der Waals surface area contributed by atoms with E-state index in [2.05, 4.69) is 5.32 Å². The van der Waals surface area contributed by atoms with Gasteiger partial charge in [0.1, 0.15) is 5.76 Å². The molecule has 3 aromatic rings. The zero-order valence-electron chi connectivity index (χ0n) is 13.1. The van der Waals surface area contributed by atoms with Crippen molar-refractivity contribution in [2.24, 2.45) is 0 Å². The lowest BCUT2D eigenvalue weighted by Crippen LogP contribution is -2.14. The molecule has 0 atom stereocenters. The molecule has 0 bridgehead atoms. The topological polar surface area (TPSA) is 42.2 Å². The van der Waals surface area contributed by atoms with Crippen molar-refractivity contribution in [2.45, 2.75) is 6.92 Å². The molecule has 3 nitrogen and oxygen atoms in total. The molecule has 120 valence electrons. The van der Waals surface area contributed by atoms with Gasteiger partial charge in [-0.05, 0) is 48.4 Å². The van der Waals surface area contributed by atoms with Crippen LogP contribution in [0.1, 0.15) is 16.9 Å². The van der Waals surface area contributed by atoms with Crippen molar-refractivity contribution in [2.75, 3.05) is 5.32 Å². The summed E-state index contributed by atoms with van der Waals surface area (Å²) in [5, 5.41) is 3.54. The molecule has 1 N–H and O–H groups in total. The highest BCUT2D eigenvalue weighted by Gasteiger charge is 2.14. The average molecular weight is 338 g/mol. The van der Waals surface area contributed by atoms with Gasteiger partial charge in [0.25, 0.3) is 5.91 Å². The van der Waals surface area contributed by atoms with Gasteiger partial charge in [-0.15, -0.1) is 0 Å². The smallest absolute Gasteiger partial charge is 0.256 e. The van der Waals surface area contributed by atoms with Gasteiger partial charge in [0.05, 0.1) is 11.8 Å². The van der Waals surface area contributed by atoms with Crippen LogP contribution in [0.3, 0.4) is 0 Å². The minimum atomic E-state index is -0.219. The van der Waals surface area contributed by atoms with Crippen LogP contribution in [-0.2, 0) is 4.79 Å². The first kappa shape index (κ1) is 16.1. The number of hydrogen-bond acceptors (Lipinski definition) is 2. The molecule has 0 radical (unpaired) electrons. The number of rotatable bonds is 4. The summed E-state index contributed by atoms with van der Waals surface area (Å²) < 4.78 is 5.35. The molecule has 4 heteroatoms. The van der Waals surface area contributed by atoms with Crippen LogP contribution in [0, 0.1) is 6.92 Å². The van der Waals surface area contributed by atoms with Gasteiger partial charge in [-0.3, -0.25) is 4.79 Å². The molecule has 1 heterocycles. The average Bonchev–Trinajstić information content (AvgIpc) is 3.11. The first-order valence-electron chi connectivity index (χ1n) is 7.52. The molecule has 1 amide bonds. The maximum absolute atomic E-state index is 12.8. The summed E-state index contributed by atoms with van der Waals surface area (Å²) in [4.78, 5) is 12.8. The van der Waals surface area contributed by atoms with Crippen molar-refractivity contribution in [3.8, 4) is 0 Å². The van der Waals surface area contributed by atoms with E-state index in [1.165, 1.54) is 0 Å². The molecule has 0 aliphatic carbocycles. The third-order valence-electron chi connectivity index (χ3n) is 3.68. The molecular weight excluding hydrogens is 322 g/mol. The molecule has 24 heavy (non-hydrogen) atoms. The lowest BCUT2D eigenvalue weighted by molar-refractivity contribution is -0.111. The molecule has 0 aliphatic rings. The summed E-state index contributed by atoms with van der Waals surface area (Å²) in [6, 6.07) is 18.5. The lowest BCUT2D eigenvalue weighted by Gasteiger charge is -2.12. The number of amides is 1. The normalized spacial score (nSPS) is 11.3. The number of nitrogens with one attached hydrogen (secondary N) is 1. The maximum atomic E-state index is 12.8. The minimum Gasteiger partial charge on any atom is -0.465 e. The van der Waals surface area contributed by atoms with Gasteiger partial charge in [0, 0.05) is 10.7 Å². The number of hydrogen-bond donors (Lipinski definition) is 1. The quantitative estimate of drug-likeness (QED) is 0.646. The molecule has 0 fully saturated rings. The van der Waals surface area contributed by atoms with Gasteiger partial charge in [0.2, 0.25) is 0 Å². The second kappa shape index (κ2) is 7.20. The zero-order chi connectivity index (χ0) is 16.9. The van der Waals surface area contributed by atoms with Crippen LogP contribution >= 0.6 is 11.6 Å². The van der Waals surface area contributed by atoms with E-state index in [0.717, 1.165) is 11.1 Å². The van der Waals surface area contributed by atoms with Gasteiger partial charge in [-0.25, -0.2) is 0 Å². The highest BCUT2D eigenvalue weighted by atomic mass is 35.5. The molecule has 1 aromatic heterocycles. The van der Waals surface area contributed by atoms with E-state index in [1.807, 2.05) is 49.4 Å². The molecule has 0 saturated heterocycles. The fourth-order valence-electron chi connectivity index (χ4n) is 2.35. The third-order valence-corrected chi connectivity index (χ3v) is 4.08. The van der Waals surface area contributed by atoms with E-state index in [9.17, 15) is 4.79 Å². The molecule has 0 unspecified atom stereocenters. The maximum Gasteiger partial charge on any atom is 0.256 e. The van der Waals surface area contributed by atoms with Gasteiger partial charge in [-0.1, -0.05) is 48.0 Å². The van der Waals surface area contributed by atoms with Crippen LogP contribution in [-0.4, -0.2) is 5.91 Å². The van der Waals surface area contributed by atoms with E-state index < -0.39 is 0 Å². The number of halogens is 1. The molecule has 0 spiro atoms. The van der Waals surface area contributed by atoms with E-state index in [4.69, 9.17) is 16.0 Å². The van der Waals surface area contributed by atoms with Crippen LogP contribution in [0.5, 0.6) is 0 Å². The number of carbonyl (C=O) groups excluding carboxylic acids is 1. The van der Waals surface area contributed by atoms with Crippen molar-refractivity contribution in [1.82, 2.24) is 0 Å². The molecule has 0 saturated carbocycles. The van der Waals surface area contributed by atoms with E-state index in [0.29, 0.717) is 22.0 Å². The summed E-state index contributed by atoms with van der Waals surface area (Å²) in [5.41, 5.74) is 2.85. The predicted molar refractivity (Wildman–Crippen MR) is 97.8 cm³/mol. The Morgan fingerprint density at radius 1 is 1.04 bits per heavy atom. The van der Waals surface area contributed by atoms with E-state index in [-0.39, 0.29) is 5.91 Å². The Morgan fingerprint density at radius 2 is 1.83 bits per heavy atom. The van der Waals surface area contributed by atoms with Gasteiger partial charge >= 0.3 is 0 Å². The van der Waals surface area contributed by atoms with Gasteiger partial charge in [0.15, 0.2) is 0 Å². The Bertz CT molecular complexity index is 868. The Morgan fingerprint density at radius 3 is 2.54 bits per heavy atom. The Labute approximate surface area is 145 Å². The van der Waals surface area contributed by atoms with Crippen molar-refractivity contribution in [3.05, 3.63) is 88.8 Å². The summed E-state index contributed by atoms with van der Waals surface area (Å²) in [6.45, 7) is 1.87. The lowest BCUT2D eigenvalue weighted by atomic mass is 10.0. The van der Waals surface area contributed by atoms with Crippen LogP contribution in [0.25, 0.3) is 11.6 Å². The SMILES string of the molecule is Cc1c(Cl)cccc1NC(=O)/C(=C/c1ccco1)c1ccccc1. The Hall–Kier alpha value is -2.78. The van der Waals surface area contributed by atoms with E-state index >= 15 is 0 Å². The number of carbonyl (C=O) groups is 1. The molecule has 0 aliphatic heterocycles. The van der Waals surface area contributed by atoms with Crippen molar-refractivity contribution in [1.29, 1.82) is 0 Å². The van der Waals surface area contributed by atoms with E-state index in [1.54, 1.807) is 30.5 Å². The van der Waals surface area contributed by atoms with Crippen molar-refractivity contribution in [3.63, 3.8) is 0 Å². The minimum absolute atomic E-state index is 0.219. The molecule has 3 rings (SSSR count). The van der Waals surface area contributed by atoms with Crippen molar-refractivity contribution >= 4 is 34.8 Å². The number of furan rings is 1. The van der Waals surface area contributed by atoms with Crippen molar-refractivity contribution < 1.29 is 9.21 Å². The highest BCUT2D eigenvalue weighted by molar-refractivity contribution is 6.32. The number of benzene rings is 2. The predicted octanol–water partition coefficient (Wildman–Crippen LogP) is 5.42. The van der Waals surface area contributed by atoms with Crippen LogP contribution in [0.4, 0.5) is 5.69 Å². The first-order valence-corrected chi connectivity index (χ1v) is 7.90. The second-order valence-electron chi connectivity index (χ2n) is 5.31. The molecule has 2 aromatic carbocycles. The van der Waals surface area contributed by atoms with Crippen LogP contribution in [0.2, 0.25) is 5.02 Å². The first-order chi connectivity index (χ1) is 11.6. The highest BCUT2D eigenvalue weighted by Crippen LogP contribution is 2.25. The van der Waals surface area contributed by atoms with Crippen LogP contribution in [0.15, 0.2) is 71.3 Å². The van der Waals surface area contributed by atoms with Gasteiger partial charge < -0.3 is 9.73 Å². The largest absolute Gasteiger partial charge is 0.465 e. The Kier molecular flexibility index (Phi) is 4.82. The second-order valence-corrected chi connectivity index (χ2v) is 5.71. The fraction of sp³-hybridized carbons (Fsp3) is 0.0500. The van der Waals surface area contributed by atoms with Crippen LogP contribution < -0.4 is 5.32 Å². The fourth-order valence-corrected chi connectivity index (χ4v) is 2.52. The summed E-state index contributed by atoms with van der Waals surface area (Å²) in [7, 11) is 0. The standard InChI is InChI=1S/C20H16ClNO2/c1-14-18(21)10-5-11-19(14)22-20(23)17(13-16-9-6-12-24-16)15-7-3-2-4-8-15/h2-13H,1H3,(H,22,23)/b17-13+. The summed E-state index contributed by atoms with van der Waals surface area (Å²) in [6.07, 6.45) is 3.30. The Balaban J connectivity index is 1.97. The third kappa shape index (κ3) is 3.58. The summed E-state index contributed by atoms with van der Waals surface area (Å²) >= 11 is 6.13. The number of anilines is 1. The molecular formula is C20H16ClNO2. The summed E-state index contributed by atoms with van der Waals surface area (Å²) in [5.74, 6) is 0.398. The monoisotopic (exact) mass is 337 g/mol.